The molecule has 0 heterocycles. The Kier molecular flexibility index (Phi) is 5.18. The van der Waals surface area contributed by atoms with Gasteiger partial charge in [-0.25, -0.2) is 8.78 Å². The van der Waals surface area contributed by atoms with Crippen LogP contribution in [0.25, 0.3) is 0 Å². The van der Waals surface area contributed by atoms with Gasteiger partial charge in [0.1, 0.15) is 11.6 Å². The third-order valence-corrected chi connectivity index (χ3v) is 2.40. The lowest BCUT2D eigenvalue weighted by molar-refractivity contribution is 0.0938. The molecule has 0 aliphatic rings. The lowest BCUT2D eigenvalue weighted by Crippen LogP contribution is -2.32. The van der Waals surface area contributed by atoms with Crippen molar-refractivity contribution in [2.24, 2.45) is 0 Å². The number of halogens is 2. The van der Waals surface area contributed by atoms with E-state index in [0.29, 0.717) is 13.1 Å². The predicted octanol–water partition coefficient (Wildman–Crippen LogP) is 1.30. The first kappa shape index (κ1) is 13.7. The van der Waals surface area contributed by atoms with E-state index in [1.165, 1.54) is 6.07 Å². The smallest absolute Gasteiger partial charge is 0.182 e. The van der Waals surface area contributed by atoms with E-state index in [0.717, 1.165) is 12.1 Å². The van der Waals surface area contributed by atoms with Gasteiger partial charge < -0.3 is 5.32 Å². The van der Waals surface area contributed by atoms with E-state index < -0.39 is 23.0 Å². The van der Waals surface area contributed by atoms with Crippen molar-refractivity contribution in [3.05, 3.63) is 35.4 Å². The van der Waals surface area contributed by atoms with E-state index in [9.17, 15) is 13.6 Å². The van der Waals surface area contributed by atoms with Crippen LogP contribution in [0.5, 0.6) is 0 Å². The van der Waals surface area contributed by atoms with Crippen LogP contribution in [0.1, 0.15) is 10.4 Å². The van der Waals surface area contributed by atoms with Crippen molar-refractivity contribution < 1.29 is 13.6 Å². The monoisotopic (exact) mass is 242 g/mol. The van der Waals surface area contributed by atoms with Crippen LogP contribution < -0.4 is 5.32 Å². The molecule has 94 valence electrons. The van der Waals surface area contributed by atoms with Crippen LogP contribution in [0.15, 0.2) is 18.2 Å². The molecule has 17 heavy (non-hydrogen) atoms. The van der Waals surface area contributed by atoms with Crippen LogP contribution >= 0.6 is 0 Å². The third-order valence-electron chi connectivity index (χ3n) is 2.40. The second-order valence-corrected chi connectivity index (χ2v) is 3.86. The van der Waals surface area contributed by atoms with E-state index >= 15 is 0 Å². The molecule has 0 aliphatic heterocycles. The van der Waals surface area contributed by atoms with Gasteiger partial charge in [-0.2, -0.15) is 0 Å². The summed E-state index contributed by atoms with van der Waals surface area (Å²) in [6, 6.07) is 3.42. The number of ketones is 1. The number of hydrogen-bond donors (Lipinski definition) is 1. The minimum atomic E-state index is -0.808. The van der Waals surface area contributed by atoms with Gasteiger partial charge in [-0.05, 0) is 26.2 Å². The fourth-order valence-corrected chi connectivity index (χ4v) is 1.47. The maximum Gasteiger partial charge on any atom is 0.182 e. The van der Waals surface area contributed by atoms with Gasteiger partial charge in [-0.1, -0.05) is 6.07 Å². The molecular formula is C12H16F2N2O. The SMILES string of the molecule is CNCCN(C)CC(=O)c1c(F)cccc1F. The first-order valence-electron chi connectivity index (χ1n) is 5.36. The number of nitrogens with one attached hydrogen (secondary N) is 1. The lowest BCUT2D eigenvalue weighted by Gasteiger charge is -2.15. The topological polar surface area (TPSA) is 32.3 Å². The molecule has 0 bridgehead atoms. The Balaban J connectivity index is 2.70. The Hall–Kier alpha value is -1.33. The van der Waals surface area contributed by atoms with Crippen molar-refractivity contribution in [1.82, 2.24) is 10.2 Å². The average molecular weight is 242 g/mol. The summed E-state index contributed by atoms with van der Waals surface area (Å²) in [6.07, 6.45) is 0. The van der Waals surface area contributed by atoms with Crippen molar-refractivity contribution in [1.29, 1.82) is 0 Å². The number of nitrogens with zero attached hydrogens (tertiary/aromatic N) is 1. The summed E-state index contributed by atoms with van der Waals surface area (Å²) in [6.45, 7) is 1.35. The van der Waals surface area contributed by atoms with Crippen molar-refractivity contribution >= 4 is 5.78 Å². The molecule has 5 heteroatoms. The zero-order valence-corrected chi connectivity index (χ0v) is 9.96. The second kappa shape index (κ2) is 6.42. The van der Waals surface area contributed by atoms with Gasteiger partial charge in [-0.3, -0.25) is 9.69 Å². The summed E-state index contributed by atoms with van der Waals surface area (Å²) in [4.78, 5) is 13.4. The highest BCUT2D eigenvalue weighted by Crippen LogP contribution is 2.12. The van der Waals surface area contributed by atoms with Gasteiger partial charge in [0, 0.05) is 13.1 Å². The van der Waals surface area contributed by atoms with Gasteiger partial charge in [0.25, 0.3) is 0 Å². The average Bonchev–Trinajstić information content (AvgIpc) is 2.26. The van der Waals surface area contributed by atoms with Crippen LogP contribution in [-0.2, 0) is 0 Å². The van der Waals surface area contributed by atoms with Crippen molar-refractivity contribution in [2.45, 2.75) is 0 Å². The molecule has 1 aromatic rings. The summed E-state index contributed by atoms with van der Waals surface area (Å²) in [7, 11) is 3.53. The maximum atomic E-state index is 13.3. The molecule has 0 aliphatic carbocycles. The van der Waals surface area contributed by atoms with E-state index in [-0.39, 0.29) is 6.54 Å². The zero-order chi connectivity index (χ0) is 12.8. The van der Waals surface area contributed by atoms with Crippen LogP contribution in [0, 0.1) is 11.6 Å². The number of hydrogen-bond acceptors (Lipinski definition) is 3. The Bertz CT molecular complexity index is 376. The van der Waals surface area contributed by atoms with Crippen LogP contribution in [0.3, 0.4) is 0 Å². The summed E-state index contributed by atoms with van der Waals surface area (Å²) >= 11 is 0. The normalized spacial score (nSPS) is 10.9. The Morgan fingerprint density at radius 3 is 2.47 bits per heavy atom. The fourth-order valence-electron chi connectivity index (χ4n) is 1.47. The number of carbonyl (C=O) groups excluding carboxylic acids is 1. The number of benzene rings is 1. The minimum absolute atomic E-state index is 0.000463. The maximum absolute atomic E-state index is 13.3. The molecule has 0 spiro atoms. The van der Waals surface area contributed by atoms with Gasteiger partial charge in [0.05, 0.1) is 12.1 Å². The van der Waals surface area contributed by atoms with E-state index in [2.05, 4.69) is 5.32 Å². The Morgan fingerprint density at radius 2 is 1.94 bits per heavy atom. The Labute approximate surface area is 99.4 Å². The lowest BCUT2D eigenvalue weighted by atomic mass is 10.1. The summed E-state index contributed by atoms with van der Waals surface area (Å²) < 4.78 is 26.6. The summed E-state index contributed by atoms with van der Waals surface area (Å²) in [5.41, 5.74) is -0.455. The quantitative estimate of drug-likeness (QED) is 0.763. The summed E-state index contributed by atoms with van der Waals surface area (Å²) in [5.74, 6) is -2.16. The molecule has 1 N–H and O–H groups in total. The highest BCUT2D eigenvalue weighted by molar-refractivity contribution is 5.98. The second-order valence-electron chi connectivity index (χ2n) is 3.86. The molecule has 1 rings (SSSR count). The van der Waals surface area contributed by atoms with E-state index in [4.69, 9.17) is 0 Å². The molecule has 0 saturated carbocycles. The third kappa shape index (κ3) is 3.87. The standard InChI is InChI=1S/C12H16F2N2O/c1-15-6-7-16(2)8-11(17)12-9(13)4-3-5-10(12)14/h3-5,15H,6-8H2,1-2H3. The molecular weight excluding hydrogens is 226 g/mol. The predicted molar refractivity (Wildman–Crippen MR) is 62.1 cm³/mol. The van der Waals surface area contributed by atoms with E-state index in [1.54, 1.807) is 19.0 Å². The Morgan fingerprint density at radius 1 is 1.35 bits per heavy atom. The summed E-state index contributed by atoms with van der Waals surface area (Å²) in [5, 5.41) is 2.93. The number of carbonyl (C=O) groups is 1. The van der Waals surface area contributed by atoms with Gasteiger partial charge >= 0.3 is 0 Å². The number of Topliss-reactive ketones (excluding diaryl/α,β-unsaturated/α-hetero) is 1. The molecule has 1 aromatic carbocycles. The van der Waals surface area contributed by atoms with Crippen molar-refractivity contribution in [2.75, 3.05) is 33.7 Å². The molecule has 0 atom stereocenters. The van der Waals surface area contributed by atoms with E-state index in [1.807, 2.05) is 0 Å². The molecule has 0 fully saturated rings. The van der Waals surface area contributed by atoms with Crippen LogP contribution in [0.4, 0.5) is 8.78 Å². The van der Waals surface area contributed by atoms with Gasteiger partial charge in [0.15, 0.2) is 5.78 Å². The largest absolute Gasteiger partial charge is 0.318 e. The molecule has 0 radical (unpaired) electrons. The van der Waals surface area contributed by atoms with Gasteiger partial charge in [0.2, 0.25) is 0 Å². The van der Waals surface area contributed by atoms with Gasteiger partial charge in [-0.15, -0.1) is 0 Å². The molecule has 0 saturated heterocycles. The molecule has 0 amide bonds. The highest BCUT2D eigenvalue weighted by atomic mass is 19.1. The number of likely N-dealkylation sites (N-methyl/N-ethyl adjacent to an activating group) is 2. The van der Waals surface area contributed by atoms with Crippen LogP contribution in [0.2, 0.25) is 0 Å². The first-order chi connectivity index (χ1) is 8.06. The minimum Gasteiger partial charge on any atom is -0.318 e. The molecule has 0 aromatic heterocycles. The molecule has 0 unspecified atom stereocenters. The van der Waals surface area contributed by atoms with Crippen molar-refractivity contribution in [3.63, 3.8) is 0 Å². The van der Waals surface area contributed by atoms with Crippen molar-refractivity contribution in [3.8, 4) is 0 Å². The molecule has 3 nitrogen and oxygen atoms in total. The number of rotatable bonds is 6. The fraction of sp³-hybridized carbons (Fsp3) is 0.417. The highest BCUT2D eigenvalue weighted by Gasteiger charge is 2.17. The van der Waals surface area contributed by atoms with Crippen LogP contribution in [-0.4, -0.2) is 44.4 Å². The zero-order valence-electron chi connectivity index (χ0n) is 9.96. The first-order valence-corrected chi connectivity index (χ1v) is 5.36.